The summed E-state index contributed by atoms with van der Waals surface area (Å²) in [4.78, 5) is 4.55. The Bertz CT molecular complexity index is 767. The van der Waals surface area contributed by atoms with Gasteiger partial charge in [-0.1, -0.05) is 12.1 Å². The van der Waals surface area contributed by atoms with Crippen molar-refractivity contribution in [3.8, 4) is 0 Å². The van der Waals surface area contributed by atoms with Crippen LogP contribution in [0.2, 0.25) is 0 Å². The van der Waals surface area contributed by atoms with Crippen molar-refractivity contribution in [2.45, 2.75) is 31.5 Å². The Kier molecular flexibility index (Phi) is 3.56. The van der Waals surface area contributed by atoms with Crippen LogP contribution < -0.4 is 5.73 Å². The molecule has 0 fully saturated rings. The second-order valence-electron chi connectivity index (χ2n) is 5.18. The number of sulfonamides is 1. The molecule has 2 heterocycles. The van der Waals surface area contributed by atoms with E-state index in [2.05, 4.69) is 4.98 Å². The van der Waals surface area contributed by atoms with E-state index >= 15 is 0 Å². The predicted octanol–water partition coefficient (Wildman–Crippen LogP) is 0.855. The highest BCUT2D eigenvalue weighted by Gasteiger charge is 2.29. The van der Waals surface area contributed by atoms with Gasteiger partial charge in [-0.3, -0.25) is 0 Å². The average molecular weight is 306 g/mol. The molecule has 0 amide bonds. The monoisotopic (exact) mass is 306 g/mol. The molecule has 2 N–H and O–H groups in total. The standard InChI is InChI=1S/C14H18N4O2S/c1-11-8-12(9-15)2-3-13(11)21(19,20)18-7-6-17-5-4-16-14(17)10-18/h2-5,8H,6-7,9-10,15H2,1H3. The van der Waals surface area contributed by atoms with E-state index in [1.165, 1.54) is 4.31 Å². The second-order valence-corrected chi connectivity index (χ2v) is 7.09. The lowest BCUT2D eigenvalue weighted by molar-refractivity contribution is 0.335. The molecule has 0 bridgehead atoms. The predicted molar refractivity (Wildman–Crippen MR) is 78.9 cm³/mol. The Morgan fingerprint density at radius 1 is 1.33 bits per heavy atom. The number of benzene rings is 1. The van der Waals surface area contributed by atoms with E-state index in [0.29, 0.717) is 31.1 Å². The molecule has 0 aliphatic carbocycles. The lowest BCUT2D eigenvalue weighted by Gasteiger charge is -2.27. The van der Waals surface area contributed by atoms with Gasteiger partial charge in [0.15, 0.2) is 0 Å². The van der Waals surface area contributed by atoms with Gasteiger partial charge in [-0.25, -0.2) is 13.4 Å². The number of aryl methyl sites for hydroxylation is 1. The van der Waals surface area contributed by atoms with Crippen LogP contribution in [-0.4, -0.2) is 28.8 Å². The molecule has 7 heteroatoms. The Hall–Kier alpha value is -1.70. The molecule has 0 saturated carbocycles. The van der Waals surface area contributed by atoms with Crippen LogP contribution in [0.4, 0.5) is 0 Å². The third-order valence-electron chi connectivity index (χ3n) is 3.80. The van der Waals surface area contributed by atoms with E-state index in [4.69, 9.17) is 5.73 Å². The first-order chi connectivity index (χ1) is 10.0. The van der Waals surface area contributed by atoms with Gasteiger partial charge in [0.2, 0.25) is 10.0 Å². The van der Waals surface area contributed by atoms with Crippen LogP contribution in [0.1, 0.15) is 17.0 Å². The number of imidazole rings is 1. The molecule has 6 nitrogen and oxygen atoms in total. The molecule has 0 unspecified atom stereocenters. The number of nitrogens with zero attached hydrogens (tertiary/aromatic N) is 3. The maximum atomic E-state index is 12.8. The van der Waals surface area contributed by atoms with Crippen LogP contribution >= 0.6 is 0 Å². The zero-order valence-electron chi connectivity index (χ0n) is 11.9. The van der Waals surface area contributed by atoms with Crippen LogP contribution in [0.25, 0.3) is 0 Å². The van der Waals surface area contributed by atoms with Crippen molar-refractivity contribution in [1.82, 2.24) is 13.9 Å². The highest BCUT2D eigenvalue weighted by atomic mass is 32.2. The zero-order valence-corrected chi connectivity index (χ0v) is 12.7. The molecule has 1 aromatic carbocycles. The fraction of sp³-hybridized carbons (Fsp3) is 0.357. The first kappa shape index (κ1) is 14.2. The van der Waals surface area contributed by atoms with Crippen molar-refractivity contribution in [1.29, 1.82) is 0 Å². The normalized spacial score (nSPS) is 15.9. The molecule has 2 aromatic rings. The second kappa shape index (κ2) is 5.25. The molecule has 112 valence electrons. The topological polar surface area (TPSA) is 81.2 Å². The summed E-state index contributed by atoms with van der Waals surface area (Å²) >= 11 is 0. The summed E-state index contributed by atoms with van der Waals surface area (Å²) in [5.41, 5.74) is 7.25. The first-order valence-corrected chi connectivity index (χ1v) is 8.26. The summed E-state index contributed by atoms with van der Waals surface area (Å²) in [7, 11) is -3.50. The number of aromatic nitrogens is 2. The quantitative estimate of drug-likeness (QED) is 0.911. The largest absolute Gasteiger partial charge is 0.333 e. The highest BCUT2D eigenvalue weighted by molar-refractivity contribution is 7.89. The van der Waals surface area contributed by atoms with E-state index in [9.17, 15) is 8.42 Å². The van der Waals surface area contributed by atoms with Crippen LogP contribution in [0.5, 0.6) is 0 Å². The van der Waals surface area contributed by atoms with Gasteiger partial charge < -0.3 is 10.3 Å². The van der Waals surface area contributed by atoms with Gasteiger partial charge in [-0.05, 0) is 24.1 Å². The number of fused-ring (bicyclic) bond motifs is 1. The van der Waals surface area contributed by atoms with Gasteiger partial charge in [0.05, 0.1) is 11.4 Å². The fourth-order valence-electron chi connectivity index (χ4n) is 2.62. The number of nitrogens with two attached hydrogens (primary N) is 1. The van der Waals surface area contributed by atoms with Gasteiger partial charge in [0.1, 0.15) is 5.82 Å². The highest BCUT2D eigenvalue weighted by Crippen LogP contribution is 2.24. The fourth-order valence-corrected chi connectivity index (χ4v) is 4.21. The minimum absolute atomic E-state index is 0.313. The van der Waals surface area contributed by atoms with Crippen molar-refractivity contribution in [2.24, 2.45) is 5.73 Å². The van der Waals surface area contributed by atoms with Gasteiger partial charge in [0.25, 0.3) is 0 Å². The van der Waals surface area contributed by atoms with Crippen molar-refractivity contribution >= 4 is 10.0 Å². The molecule has 0 spiro atoms. The molecule has 21 heavy (non-hydrogen) atoms. The van der Waals surface area contributed by atoms with E-state index in [1.54, 1.807) is 25.3 Å². The summed E-state index contributed by atoms with van der Waals surface area (Å²) in [6.07, 6.45) is 3.58. The Balaban J connectivity index is 1.95. The van der Waals surface area contributed by atoms with Crippen molar-refractivity contribution < 1.29 is 8.42 Å². The van der Waals surface area contributed by atoms with E-state index in [-0.39, 0.29) is 0 Å². The molecule has 1 aliphatic heterocycles. The van der Waals surface area contributed by atoms with E-state index in [1.807, 2.05) is 16.8 Å². The minimum atomic E-state index is -3.50. The van der Waals surface area contributed by atoms with Gasteiger partial charge >= 0.3 is 0 Å². The molecule has 1 aromatic heterocycles. The summed E-state index contributed by atoms with van der Waals surface area (Å²) in [5, 5.41) is 0. The third kappa shape index (κ3) is 2.48. The number of hydrogen-bond donors (Lipinski definition) is 1. The molecular formula is C14H18N4O2S. The van der Waals surface area contributed by atoms with Crippen LogP contribution in [-0.2, 0) is 29.7 Å². The van der Waals surface area contributed by atoms with E-state index < -0.39 is 10.0 Å². The smallest absolute Gasteiger partial charge is 0.243 e. The zero-order chi connectivity index (χ0) is 15.0. The number of hydrogen-bond acceptors (Lipinski definition) is 4. The van der Waals surface area contributed by atoms with Gasteiger partial charge in [0, 0.05) is 32.0 Å². The van der Waals surface area contributed by atoms with Crippen molar-refractivity contribution in [3.63, 3.8) is 0 Å². The summed E-state index contributed by atoms with van der Waals surface area (Å²) < 4.78 is 29.1. The molecule has 0 radical (unpaired) electrons. The lowest BCUT2D eigenvalue weighted by Crippen LogP contribution is -2.38. The van der Waals surface area contributed by atoms with Crippen molar-refractivity contribution in [2.75, 3.05) is 6.54 Å². The summed E-state index contributed by atoms with van der Waals surface area (Å²) in [5.74, 6) is 0.779. The summed E-state index contributed by atoms with van der Waals surface area (Å²) in [6, 6.07) is 5.25. The van der Waals surface area contributed by atoms with Crippen molar-refractivity contribution in [3.05, 3.63) is 47.5 Å². The van der Waals surface area contributed by atoms with Crippen LogP contribution in [0, 0.1) is 6.92 Å². The maximum absolute atomic E-state index is 12.8. The third-order valence-corrected chi connectivity index (χ3v) is 5.81. The average Bonchev–Trinajstić information content (AvgIpc) is 2.94. The Morgan fingerprint density at radius 2 is 2.14 bits per heavy atom. The molecule has 3 rings (SSSR count). The maximum Gasteiger partial charge on any atom is 0.243 e. The minimum Gasteiger partial charge on any atom is -0.333 e. The molecule has 0 atom stereocenters. The van der Waals surface area contributed by atoms with Crippen LogP contribution in [0.15, 0.2) is 35.5 Å². The van der Waals surface area contributed by atoms with Gasteiger partial charge in [-0.15, -0.1) is 0 Å². The van der Waals surface area contributed by atoms with Crippen LogP contribution in [0.3, 0.4) is 0 Å². The SMILES string of the molecule is Cc1cc(CN)ccc1S(=O)(=O)N1CCn2ccnc2C1. The van der Waals surface area contributed by atoms with E-state index in [0.717, 1.165) is 17.0 Å². The Morgan fingerprint density at radius 3 is 2.86 bits per heavy atom. The first-order valence-electron chi connectivity index (χ1n) is 6.82. The molecule has 1 aliphatic rings. The Labute approximate surface area is 124 Å². The lowest BCUT2D eigenvalue weighted by atomic mass is 10.1. The molecular weight excluding hydrogens is 288 g/mol. The number of rotatable bonds is 3. The van der Waals surface area contributed by atoms with Gasteiger partial charge in [-0.2, -0.15) is 4.31 Å². The summed E-state index contributed by atoms with van der Waals surface area (Å²) in [6.45, 7) is 3.62. The molecule has 0 saturated heterocycles.